The second kappa shape index (κ2) is 5.03. The molecule has 5 nitrogen and oxygen atoms in total. The van der Waals surface area contributed by atoms with Crippen LogP contribution >= 0.6 is 0 Å². The zero-order valence-corrected chi connectivity index (χ0v) is 13.1. The van der Waals surface area contributed by atoms with E-state index >= 15 is 0 Å². The van der Waals surface area contributed by atoms with Gasteiger partial charge in [-0.15, -0.1) is 0 Å². The molecule has 1 unspecified atom stereocenters. The van der Waals surface area contributed by atoms with Crippen LogP contribution in [-0.4, -0.2) is 19.1 Å². The highest BCUT2D eigenvalue weighted by Gasteiger charge is 2.33. The lowest BCUT2D eigenvalue weighted by Gasteiger charge is -2.35. The van der Waals surface area contributed by atoms with Crippen molar-refractivity contribution in [1.82, 2.24) is 10.3 Å². The maximum atomic E-state index is 6.67. The first-order valence-electron chi connectivity index (χ1n) is 7.20. The van der Waals surface area contributed by atoms with E-state index in [1.165, 1.54) is 0 Å². The fourth-order valence-corrected chi connectivity index (χ4v) is 2.73. The van der Waals surface area contributed by atoms with E-state index in [1.807, 2.05) is 62.5 Å². The van der Waals surface area contributed by atoms with Gasteiger partial charge in [-0.1, -0.05) is 12.1 Å². The molecule has 1 aliphatic heterocycles. The van der Waals surface area contributed by atoms with Crippen LogP contribution in [0.5, 0.6) is 0 Å². The molecule has 0 spiro atoms. The maximum Gasteiger partial charge on any atom is 0.140 e. The fraction of sp³-hybridized carbons (Fsp3) is 0.235. The van der Waals surface area contributed by atoms with Gasteiger partial charge in [-0.2, -0.15) is 0 Å². The van der Waals surface area contributed by atoms with Gasteiger partial charge < -0.3 is 21.7 Å². The molecule has 1 aromatic heterocycles. The lowest BCUT2D eigenvalue weighted by molar-refractivity contribution is 0.472. The van der Waals surface area contributed by atoms with Crippen LogP contribution < -0.4 is 21.7 Å². The van der Waals surface area contributed by atoms with Crippen molar-refractivity contribution >= 4 is 17.6 Å². The quantitative estimate of drug-likeness (QED) is 0.736. The Labute approximate surface area is 130 Å². The van der Waals surface area contributed by atoms with Gasteiger partial charge in [0.2, 0.25) is 0 Å². The number of nitrogen functional groups attached to an aromatic ring is 1. The molecule has 0 saturated heterocycles. The van der Waals surface area contributed by atoms with Crippen LogP contribution in [0.4, 0.5) is 11.5 Å². The molecule has 2 heterocycles. The number of nitrogens with two attached hydrogens (primary N) is 2. The highest BCUT2D eigenvalue weighted by molar-refractivity contribution is 5.74. The Morgan fingerprint density at radius 2 is 1.95 bits per heavy atom. The lowest BCUT2D eigenvalue weighted by Crippen LogP contribution is -2.51. The van der Waals surface area contributed by atoms with Crippen LogP contribution in [0.1, 0.15) is 22.3 Å². The first-order chi connectivity index (χ1) is 10.4. The number of fused-ring (bicyclic) bond motifs is 1. The topological polar surface area (TPSA) is 80.2 Å². The van der Waals surface area contributed by atoms with Crippen LogP contribution in [0.3, 0.4) is 0 Å². The molecule has 0 fully saturated rings. The number of hydrogen-bond donors (Lipinski definition) is 3. The number of benzene rings is 1. The number of nitrogens with one attached hydrogen (secondary N) is 1. The Morgan fingerprint density at radius 3 is 2.59 bits per heavy atom. The largest absolute Gasteiger partial charge is 0.398 e. The predicted octanol–water partition coefficient (Wildman–Crippen LogP) is 1.77. The average molecular weight is 295 g/mol. The van der Waals surface area contributed by atoms with Gasteiger partial charge in [-0.3, -0.25) is 0 Å². The third-order valence-electron chi connectivity index (χ3n) is 4.15. The van der Waals surface area contributed by atoms with Crippen molar-refractivity contribution in [2.24, 2.45) is 5.73 Å². The number of anilines is 2. The minimum atomic E-state index is -0.830. The number of rotatable bonds is 2. The summed E-state index contributed by atoms with van der Waals surface area (Å²) >= 11 is 0. The fourth-order valence-electron chi connectivity index (χ4n) is 2.73. The molecule has 0 amide bonds. The highest BCUT2D eigenvalue weighted by atomic mass is 15.1. The van der Waals surface area contributed by atoms with Crippen LogP contribution in [-0.2, 0) is 5.66 Å². The van der Waals surface area contributed by atoms with Crippen molar-refractivity contribution in [3.63, 3.8) is 0 Å². The van der Waals surface area contributed by atoms with Crippen molar-refractivity contribution in [3.05, 3.63) is 58.9 Å². The van der Waals surface area contributed by atoms with E-state index in [0.717, 1.165) is 33.8 Å². The van der Waals surface area contributed by atoms with Gasteiger partial charge in [0.15, 0.2) is 0 Å². The van der Waals surface area contributed by atoms with E-state index in [1.54, 1.807) is 6.20 Å². The molecule has 22 heavy (non-hydrogen) atoms. The molecule has 5 heteroatoms. The molecule has 1 aliphatic rings. The first-order valence-corrected chi connectivity index (χ1v) is 7.20. The Morgan fingerprint density at radius 1 is 1.18 bits per heavy atom. The van der Waals surface area contributed by atoms with Crippen LogP contribution in [0.15, 0.2) is 36.7 Å². The average Bonchev–Trinajstić information content (AvgIpc) is 2.51. The minimum Gasteiger partial charge on any atom is -0.398 e. The van der Waals surface area contributed by atoms with E-state index in [0.29, 0.717) is 0 Å². The van der Waals surface area contributed by atoms with Gasteiger partial charge in [0.1, 0.15) is 11.5 Å². The predicted molar refractivity (Wildman–Crippen MR) is 91.3 cm³/mol. The Bertz CT molecular complexity index is 733. The summed E-state index contributed by atoms with van der Waals surface area (Å²) in [6.45, 7) is 2.00. The Hall–Kier alpha value is -2.53. The molecule has 1 aromatic carbocycles. The number of nitrogens with zero attached hydrogens (tertiary/aromatic N) is 2. The summed E-state index contributed by atoms with van der Waals surface area (Å²) in [6.07, 6.45) is 5.61. The summed E-state index contributed by atoms with van der Waals surface area (Å²) in [6, 6.07) is 7.98. The lowest BCUT2D eigenvalue weighted by atomic mass is 9.85. The number of hydrogen-bond acceptors (Lipinski definition) is 5. The monoisotopic (exact) mass is 295 g/mol. The Balaban J connectivity index is 2.12. The van der Waals surface area contributed by atoms with Crippen molar-refractivity contribution < 1.29 is 0 Å². The normalized spacial score (nSPS) is 19.5. The number of pyridine rings is 1. The van der Waals surface area contributed by atoms with Crippen LogP contribution in [0.2, 0.25) is 0 Å². The molecular weight excluding hydrogens is 274 g/mol. The van der Waals surface area contributed by atoms with E-state index in [4.69, 9.17) is 11.5 Å². The Kier molecular flexibility index (Phi) is 3.30. The van der Waals surface area contributed by atoms with Crippen molar-refractivity contribution in [2.45, 2.75) is 12.6 Å². The SMILES string of the molecule is Cc1ccc2c(c1N)C=CNC2(N)c1ccc(N(C)C)nc1. The summed E-state index contributed by atoms with van der Waals surface area (Å²) in [5.41, 5.74) is 16.7. The number of aromatic nitrogens is 1. The summed E-state index contributed by atoms with van der Waals surface area (Å²) in [4.78, 5) is 6.42. The second-order valence-corrected chi connectivity index (χ2v) is 5.84. The zero-order valence-electron chi connectivity index (χ0n) is 13.1. The summed E-state index contributed by atoms with van der Waals surface area (Å²) in [5.74, 6) is 0.891. The maximum absolute atomic E-state index is 6.67. The van der Waals surface area contributed by atoms with E-state index in [-0.39, 0.29) is 0 Å². The van der Waals surface area contributed by atoms with Crippen LogP contribution in [0.25, 0.3) is 6.08 Å². The third kappa shape index (κ3) is 2.10. The van der Waals surface area contributed by atoms with Gasteiger partial charge in [0, 0.05) is 42.7 Å². The molecule has 5 N–H and O–H groups in total. The molecule has 0 aliphatic carbocycles. The summed E-state index contributed by atoms with van der Waals surface area (Å²) < 4.78 is 0. The van der Waals surface area contributed by atoms with E-state index in [9.17, 15) is 0 Å². The third-order valence-corrected chi connectivity index (χ3v) is 4.15. The van der Waals surface area contributed by atoms with E-state index in [2.05, 4.69) is 10.3 Å². The second-order valence-electron chi connectivity index (χ2n) is 5.84. The standard InChI is InChI=1S/C17H21N5/c1-11-4-6-14-13(16(11)18)8-9-21-17(14,19)12-5-7-15(20-10-12)22(2)3/h4-10,21H,18-19H2,1-3H3. The molecule has 1 atom stereocenters. The van der Waals surface area contributed by atoms with Crippen LogP contribution in [0, 0.1) is 6.92 Å². The molecule has 2 aromatic rings. The number of aryl methyl sites for hydroxylation is 1. The first kappa shape index (κ1) is 14.4. The summed E-state index contributed by atoms with van der Waals surface area (Å²) in [5, 5.41) is 3.25. The molecule has 0 radical (unpaired) electrons. The minimum absolute atomic E-state index is 0.767. The molecule has 114 valence electrons. The smallest absolute Gasteiger partial charge is 0.140 e. The van der Waals surface area contributed by atoms with Gasteiger partial charge in [0.05, 0.1) is 0 Å². The van der Waals surface area contributed by atoms with E-state index < -0.39 is 5.66 Å². The molecule has 0 bridgehead atoms. The van der Waals surface area contributed by atoms with Gasteiger partial charge in [-0.25, -0.2) is 4.98 Å². The van der Waals surface area contributed by atoms with Gasteiger partial charge in [0.25, 0.3) is 0 Å². The molecule has 0 saturated carbocycles. The molecular formula is C17H21N5. The van der Waals surface area contributed by atoms with Crippen molar-refractivity contribution in [3.8, 4) is 0 Å². The van der Waals surface area contributed by atoms with Gasteiger partial charge in [-0.05, 0) is 36.9 Å². The molecule has 3 rings (SSSR count). The zero-order chi connectivity index (χ0) is 15.9. The highest BCUT2D eigenvalue weighted by Crippen LogP contribution is 2.35. The summed E-state index contributed by atoms with van der Waals surface area (Å²) in [7, 11) is 3.92. The van der Waals surface area contributed by atoms with Gasteiger partial charge >= 0.3 is 0 Å². The van der Waals surface area contributed by atoms with Crippen molar-refractivity contribution in [2.75, 3.05) is 24.7 Å². The van der Waals surface area contributed by atoms with Crippen molar-refractivity contribution in [1.29, 1.82) is 0 Å².